The van der Waals surface area contributed by atoms with Gasteiger partial charge in [-0.05, 0) is 14.0 Å². The summed E-state index contributed by atoms with van der Waals surface area (Å²) >= 11 is 0. The maximum absolute atomic E-state index is 10.5. The van der Waals surface area contributed by atoms with Crippen molar-refractivity contribution < 1.29 is 4.79 Å². The van der Waals surface area contributed by atoms with Gasteiger partial charge in [0.1, 0.15) is 5.78 Å². The molecule has 0 saturated heterocycles. The quantitative estimate of drug-likeness (QED) is 0.530. The molecule has 0 spiro atoms. The SMILES string of the molecule is CC.CNCCSSCCC(C)=O. The Labute approximate surface area is 90.0 Å². The second kappa shape index (κ2) is 14.8. The Balaban J connectivity index is 0. The molecule has 0 aromatic heterocycles. The van der Waals surface area contributed by atoms with Gasteiger partial charge < -0.3 is 5.32 Å². The van der Waals surface area contributed by atoms with Crippen molar-refractivity contribution in [2.75, 3.05) is 25.1 Å². The van der Waals surface area contributed by atoms with Crippen molar-refractivity contribution in [3.05, 3.63) is 0 Å². The monoisotopic (exact) mass is 223 g/mol. The van der Waals surface area contributed by atoms with Gasteiger partial charge in [-0.3, -0.25) is 4.79 Å². The number of nitrogens with one attached hydrogen (secondary N) is 1. The first-order valence-electron chi connectivity index (χ1n) is 4.66. The van der Waals surface area contributed by atoms with Crippen molar-refractivity contribution in [3.8, 4) is 0 Å². The molecule has 0 aromatic rings. The van der Waals surface area contributed by atoms with Crippen LogP contribution in [0, 0.1) is 0 Å². The van der Waals surface area contributed by atoms with E-state index < -0.39 is 0 Å². The number of rotatable bonds is 7. The number of hydrogen-bond acceptors (Lipinski definition) is 4. The van der Waals surface area contributed by atoms with E-state index in [2.05, 4.69) is 5.32 Å². The molecular weight excluding hydrogens is 202 g/mol. The average molecular weight is 223 g/mol. The third-order valence-electron chi connectivity index (χ3n) is 1.06. The van der Waals surface area contributed by atoms with Gasteiger partial charge in [0.15, 0.2) is 0 Å². The Morgan fingerprint density at radius 3 is 2.23 bits per heavy atom. The van der Waals surface area contributed by atoms with E-state index in [0.29, 0.717) is 6.42 Å². The third kappa shape index (κ3) is 19.0. The summed E-state index contributed by atoms with van der Waals surface area (Å²) in [4.78, 5) is 10.5. The fourth-order valence-corrected chi connectivity index (χ4v) is 2.55. The summed E-state index contributed by atoms with van der Waals surface area (Å²) < 4.78 is 0. The van der Waals surface area contributed by atoms with Crippen LogP contribution in [0.25, 0.3) is 0 Å². The van der Waals surface area contributed by atoms with Crippen molar-refractivity contribution in [1.29, 1.82) is 0 Å². The molecule has 4 heteroatoms. The highest BCUT2D eigenvalue weighted by atomic mass is 33.1. The summed E-state index contributed by atoms with van der Waals surface area (Å²) in [5, 5.41) is 3.07. The first-order valence-corrected chi connectivity index (χ1v) is 7.14. The van der Waals surface area contributed by atoms with Gasteiger partial charge in [0.25, 0.3) is 0 Å². The van der Waals surface area contributed by atoms with Crippen LogP contribution in [0.3, 0.4) is 0 Å². The molecule has 2 nitrogen and oxygen atoms in total. The highest BCUT2D eigenvalue weighted by Crippen LogP contribution is 2.20. The van der Waals surface area contributed by atoms with E-state index in [1.807, 2.05) is 31.7 Å². The van der Waals surface area contributed by atoms with Crippen molar-refractivity contribution in [2.24, 2.45) is 0 Å². The van der Waals surface area contributed by atoms with Crippen LogP contribution in [0.4, 0.5) is 0 Å². The Bertz CT molecular complexity index is 110. The van der Waals surface area contributed by atoms with Crippen molar-refractivity contribution in [1.82, 2.24) is 5.32 Å². The van der Waals surface area contributed by atoms with Gasteiger partial charge in [-0.2, -0.15) is 0 Å². The molecule has 13 heavy (non-hydrogen) atoms. The first kappa shape index (κ1) is 15.8. The maximum atomic E-state index is 10.5. The van der Waals surface area contributed by atoms with E-state index in [0.717, 1.165) is 18.1 Å². The molecule has 0 unspecified atom stereocenters. The van der Waals surface area contributed by atoms with Crippen LogP contribution >= 0.6 is 21.6 Å². The molecule has 0 amide bonds. The highest BCUT2D eigenvalue weighted by molar-refractivity contribution is 8.76. The lowest BCUT2D eigenvalue weighted by Crippen LogP contribution is -2.09. The van der Waals surface area contributed by atoms with Crippen molar-refractivity contribution in [3.63, 3.8) is 0 Å². The lowest BCUT2D eigenvalue weighted by molar-refractivity contribution is -0.116. The summed E-state index contributed by atoms with van der Waals surface area (Å²) in [5.74, 6) is 2.34. The zero-order valence-electron chi connectivity index (χ0n) is 9.05. The predicted molar refractivity (Wildman–Crippen MR) is 65.5 cm³/mol. The summed E-state index contributed by atoms with van der Waals surface area (Å²) in [5.41, 5.74) is 0. The van der Waals surface area contributed by atoms with Crippen LogP contribution in [-0.2, 0) is 4.79 Å². The molecule has 0 saturated carbocycles. The topological polar surface area (TPSA) is 29.1 Å². The molecule has 0 aliphatic heterocycles. The molecule has 0 bridgehead atoms. The molecule has 0 aliphatic carbocycles. The minimum absolute atomic E-state index is 0.284. The number of Topliss-reactive ketones (excluding diaryl/α,β-unsaturated/α-hetero) is 1. The number of hydrogen-bond donors (Lipinski definition) is 1. The van der Waals surface area contributed by atoms with Crippen LogP contribution in [-0.4, -0.2) is 30.9 Å². The van der Waals surface area contributed by atoms with Gasteiger partial charge in [-0.15, -0.1) is 0 Å². The lowest BCUT2D eigenvalue weighted by Gasteiger charge is -1.98. The van der Waals surface area contributed by atoms with Gasteiger partial charge >= 0.3 is 0 Å². The van der Waals surface area contributed by atoms with Crippen LogP contribution in [0.5, 0.6) is 0 Å². The van der Waals surface area contributed by atoms with Crippen LogP contribution in [0.2, 0.25) is 0 Å². The minimum atomic E-state index is 0.284. The van der Waals surface area contributed by atoms with Crippen LogP contribution in [0.1, 0.15) is 27.2 Å². The second-order valence-electron chi connectivity index (χ2n) is 2.20. The van der Waals surface area contributed by atoms with E-state index in [1.165, 1.54) is 0 Å². The zero-order chi connectivity index (χ0) is 10.5. The van der Waals surface area contributed by atoms with Gasteiger partial charge in [0, 0.05) is 24.5 Å². The minimum Gasteiger partial charge on any atom is -0.319 e. The van der Waals surface area contributed by atoms with E-state index in [4.69, 9.17) is 0 Å². The molecule has 0 fully saturated rings. The number of ketones is 1. The van der Waals surface area contributed by atoms with Crippen LogP contribution in [0.15, 0.2) is 0 Å². The molecule has 0 aliphatic rings. The Morgan fingerprint density at radius 1 is 1.23 bits per heavy atom. The largest absolute Gasteiger partial charge is 0.319 e. The van der Waals surface area contributed by atoms with E-state index in [1.54, 1.807) is 17.7 Å². The smallest absolute Gasteiger partial charge is 0.130 e. The predicted octanol–water partition coefficient (Wildman–Crippen LogP) is 2.59. The maximum Gasteiger partial charge on any atom is 0.130 e. The second-order valence-corrected chi connectivity index (χ2v) is 4.90. The van der Waals surface area contributed by atoms with Crippen molar-refractivity contribution >= 4 is 27.4 Å². The first-order chi connectivity index (χ1) is 6.27. The lowest BCUT2D eigenvalue weighted by atomic mass is 10.4. The van der Waals surface area contributed by atoms with Crippen LogP contribution < -0.4 is 5.32 Å². The van der Waals surface area contributed by atoms with Gasteiger partial charge in [0.05, 0.1) is 0 Å². The molecular formula is C9H21NOS2. The Hall–Kier alpha value is 0.330. The standard InChI is InChI=1S/C7H15NOS2.C2H6/c1-7(9)3-5-10-11-6-4-8-2;1-2/h8H,3-6H2,1-2H3;1-2H3. The Kier molecular flexibility index (Phi) is 18.0. The fourth-order valence-electron chi connectivity index (χ4n) is 0.447. The molecule has 0 heterocycles. The summed E-state index contributed by atoms with van der Waals surface area (Å²) in [7, 11) is 5.54. The zero-order valence-corrected chi connectivity index (χ0v) is 10.7. The number of carbonyl (C=O) groups is 1. The van der Waals surface area contributed by atoms with E-state index in [-0.39, 0.29) is 5.78 Å². The van der Waals surface area contributed by atoms with E-state index in [9.17, 15) is 4.79 Å². The normalized spacial score (nSPS) is 8.92. The summed E-state index contributed by atoms with van der Waals surface area (Å²) in [6.07, 6.45) is 0.706. The van der Waals surface area contributed by atoms with Gasteiger partial charge in [0.2, 0.25) is 0 Å². The summed E-state index contributed by atoms with van der Waals surface area (Å²) in [6.45, 7) is 6.68. The summed E-state index contributed by atoms with van der Waals surface area (Å²) in [6, 6.07) is 0. The van der Waals surface area contributed by atoms with Gasteiger partial charge in [-0.25, -0.2) is 0 Å². The fraction of sp³-hybridized carbons (Fsp3) is 0.889. The third-order valence-corrected chi connectivity index (χ3v) is 3.46. The highest BCUT2D eigenvalue weighted by Gasteiger charge is 1.93. The molecule has 1 N–H and O–H groups in total. The Morgan fingerprint density at radius 2 is 1.77 bits per heavy atom. The molecule has 0 atom stereocenters. The molecule has 80 valence electrons. The van der Waals surface area contributed by atoms with E-state index >= 15 is 0 Å². The molecule has 0 radical (unpaired) electrons. The molecule has 0 rings (SSSR count). The molecule has 0 aromatic carbocycles. The average Bonchev–Trinajstić information content (AvgIpc) is 2.14. The van der Waals surface area contributed by atoms with Gasteiger partial charge in [-0.1, -0.05) is 35.4 Å². The number of carbonyl (C=O) groups excluding carboxylic acids is 1. The van der Waals surface area contributed by atoms with Crippen molar-refractivity contribution in [2.45, 2.75) is 27.2 Å².